The number of carbonyl (C=O) groups excluding carboxylic acids is 4. The van der Waals surface area contributed by atoms with Crippen molar-refractivity contribution in [3.8, 4) is 0 Å². The van der Waals surface area contributed by atoms with Crippen molar-refractivity contribution >= 4 is 23.5 Å². The molecule has 6 atom stereocenters. The van der Waals surface area contributed by atoms with Crippen LogP contribution in [0.15, 0.2) is 11.6 Å². The van der Waals surface area contributed by atoms with E-state index in [4.69, 9.17) is 9.47 Å². The first kappa shape index (κ1) is 22.2. The van der Waals surface area contributed by atoms with Crippen molar-refractivity contribution in [2.75, 3.05) is 6.61 Å². The van der Waals surface area contributed by atoms with Crippen LogP contribution in [0, 0.1) is 28.6 Å². The maximum absolute atomic E-state index is 13.4. The number of hydrogen-bond donors (Lipinski definition) is 0. The van der Waals surface area contributed by atoms with Crippen molar-refractivity contribution in [2.45, 2.75) is 84.7 Å². The molecule has 6 heteroatoms. The quantitative estimate of drug-likeness (QED) is 0.628. The molecule has 4 aliphatic carbocycles. The molecule has 31 heavy (non-hydrogen) atoms. The first-order valence-electron chi connectivity index (χ1n) is 11.6. The summed E-state index contributed by atoms with van der Waals surface area (Å²) in [7, 11) is 0. The van der Waals surface area contributed by atoms with E-state index < -0.39 is 23.0 Å². The first-order valence-corrected chi connectivity index (χ1v) is 11.6. The lowest BCUT2D eigenvalue weighted by atomic mass is 9.46. The SMILES string of the molecule is CC(=O)OCC(=O)[C@@]1(OC(C)=O)CC[C@@H]2[C@H]3CCC4=CC(=O)CC[C@]4(C)[C@H]3CC[C@@]21C. The van der Waals surface area contributed by atoms with E-state index in [9.17, 15) is 19.2 Å². The van der Waals surface area contributed by atoms with Gasteiger partial charge in [0.2, 0.25) is 5.78 Å². The van der Waals surface area contributed by atoms with Gasteiger partial charge in [-0.2, -0.15) is 0 Å². The Labute approximate surface area is 184 Å². The zero-order valence-electron chi connectivity index (χ0n) is 19.1. The molecule has 0 unspecified atom stereocenters. The third kappa shape index (κ3) is 3.28. The predicted molar refractivity (Wildman–Crippen MR) is 113 cm³/mol. The summed E-state index contributed by atoms with van der Waals surface area (Å²) >= 11 is 0. The van der Waals surface area contributed by atoms with Gasteiger partial charge < -0.3 is 9.47 Å². The van der Waals surface area contributed by atoms with Crippen LogP contribution in [0.1, 0.15) is 79.1 Å². The van der Waals surface area contributed by atoms with Crippen LogP contribution in [-0.2, 0) is 28.7 Å². The molecule has 0 bridgehead atoms. The van der Waals surface area contributed by atoms with Crippen molar-refractivity contribution in [1.82, 2.24) is 0 Å². The van der Waals surface area contributed by atoms with E-state index in [0.717, 1.165) is 38.5 Å². The van der Waals surface area contributed by atoms with Crippen LogP contribution in [0.25, 0.3) is 0 Å². The third-order valence-electron chi connectivity index (χ3n) is 9.26. The van der Waals surface area contributed by atoms with Crippen LogP contribution in [0.3, 0.4) is 0 Å². The molecule has 3 fully saturated rings. The first-order chi connectivity index (χ1) is 14.5. The number of ether oxygens (including phenoxy) is 2. The number of carbonyl (C=O) groups is 4. The monoisotopic (exact) mass is 430 g/mol. The average molecular weight is 431 g/mol. The fourth-order valence-corrected chi connectivity index (χ4v) is 7.77. The lowest BCUT2D eigenvalue weighted by molar-refractivity contribution is -0.190. The molecular weight excluding hydrogens is 396 g/mol. The standard InChI is InChI=1S/C25H34O6/c1-15(26)30-14-22(29)25(31-16(2)27)12-9-21-19-6-5-17-13-18(28)7-10-23(17,3)20(19)8-11-24(21,25)4/h13,19-21H,5-12,14H2,1-4H3/t19-,20-,21+,23-,24-,25-/m0/s1. The zero-order valence-corrected chi connectivity index (χ0v) is 19.1. The van der Waals surface area contributed by atoms with E-state index in [1.54, 1.807) is 0 Å². The van der Waals surface area contributed by atoms with Crippen LogP contribution in [0.4, 0.5) is 0 Å². The topological polar surface area (TPSA) is 86.7 Å². The summed E-state index contributed by atoms with van der Waals surface area (Å²) in [6, 6.07) is 0. The van der Waals surface area contributed by atoms with Crippen LogP contribution in [-0.4, -0.2) is 35.7 Å². The maximum atomic E-state index is 13.4. The molecule has 0 aromatic rings. The molecule has 0 heterocycles. The highest BCUT2D eigenvalue weighted by atomic mass is 16.6. The molecule has 0 aliphatic heterocycles. The second-order valence-electron chi connectivity index (χ2n) is 10.6. The molecule has 170 valence electrons. The summed E-state index contributed by atoms with van der Waals surface area (Å²) in [5.74, 6) is 0.156. The van der Waals surface area contributed by atoms with Gasteiger partial charge in [-0.15, -0.1) is 0 Å². The lowest BCUT2D eigenvalue weighted by Crippen LogP contribution is -2.59. The van der Waals surface area contributed by atoms with Crippen molar-refractivity contribution in [1.29, 1.82) is 0 Å². The lowest BCUT2D eigenvalue weighted by Gasteiger charge is -2.59. The highest BCUT2D eigenvalue weighted by molar-refractivity contribution is 5.93. The van der Waals surface area contributed by atoms with Crippen LogP contribution in [0.5, 0.6) is 0 Å². The number of ketones is 2. The van der Waals surface area contributed by atoms with Crippen molar-refractivity contribution in [3.63, 3.8) is 0 Å². The Hall–Kier alpha value is -1.98. The number of hydrogen-bond acceptors (Lipinski definition) is 6. The van der Waals surface area contributed by atoms with Gasteiger partial charge in [-0.05, 0) is 74.2 Å². The van der Waals surface area contributed by atoms with E-state index in [1.165, 1.54) is 19.4 Å². The molecule has 0 aromatic carbocycles. The van der Waals surface area contributed by atoms with E-state index in [0.29, 0.717) is 24.7 Å². The van der Waals surface area contributed by atoms with E-state index in [-0.39, 0.29) is 29.5 Å². The molecule has 0 N–H and O–H groups in total. The summed E-state index contributed by atoms with van der Waals surface area (Å²) in [5, 5.41) is 0. The molecule has 6 nitrogen and oxygen atoms in total. The van der Waals surface area contributed by atoms with Gasteiger partial charge in [0.25, 0.3) is 0 Å². The minimum Gasteiger partial charge on any atom is -0.458 e. The van der Waals surface area contributed by atoms with E-state index in [1.807, 2.05) is 6.08 Å². The fourth-order valence-electron chi connectivity index (χ4n) is 7.77. The zero-order chi connectivity index (χ0) is 22.6. The second-order valence-corrected chi connectivity index (χ2v) is 10.6. The van der Waals surface area contributed by atoms with Crippen molar-refractivity contribution in [3.05, 3.63) is 11.6 Å². The van der Waals surface area contributed by atoms with Gasteiger partial charge in [-0.3, -0.25) is 19.2 Å². The highest BCUT2D eigenvalue weighted by Crippen LogP contribution is 2.68. The molecular formula is C25H34O6. The molecule has 4 aliphatic rings. The van der Waals surface area contributed by atoms with Gasteiger partial charge in [0.1, 0.15) is 0 Å². The van der Waals surface area contributed by atoms with E-state index >= 15 is 0 Å². The molecule has 0 aromatic heterocycles. The van der Waals surface area contributed by atoms with Crippen LogP contribution >= 0.6 is 0 Å². The van der Waals surface area contributed by atoms with Crippen LogP contribution < -0.4 is 0 Å². The van der Waals surface area contributed by atoms with Gasteiger partial charge in [0.15, 0.2) is 18.0 Å². The number of Topliss-reactive ketones (excluding diaryl/α,β-unsaturated/α-hetero) is 1. The Morgan fingerprint density at radius 3 is 2.35 bits per heavy atom. The molecule has 0 saturated heterocycles. The summed E-state index contributed by atoms with van der Waals surface area (Å²) in [6.45, 7) is 6.70. The highest BCUT2D eigenvalue weighted by Gasteiger charge is 2.68. The molecule has 4 rings (SSSR count). The van der Waals surface area contributed by atoms with Crippen molar-refractivity contribution < 1.29 is 28.7 Å². The maximum Gasteiger partial charge on any atom is 0.303 e. The summed E-state index contributed by atoms with van der Waals surface area (Å²) in [6.07, 6.45) is 8.39. The third-order valence-corrected chi connectivity index (χ3v) is 9.26. The minimum absolute atomic E-state index is 0.0482. The summed E-state index contributed by atoms with van der Waals surface area (Å²) < 4.78 is 10.9. The Bertz CT molecular complexity index is 858. The second kappa shape index (κ2) is 7.56. The molecule has 3 saturated carbocycles. The van der Waals surface area contributed by atoms with Gasteiger partial charge in [-0.25, -0.2) is 0 Å². The molecule has 0 spiro atoms. The smallest absolute Gasteiger partial charge is 0.303 e. The fraction of sp³-hybridized carbons (Fsp3) is 0.760. The van der Waals surface area contributed by atoms with Gasteiger partial charge in [0, 0.05) is 25.7 Å². The number of esters is 2. The Morgan fingerprint density at radius 1 is 0.968 bits per heavy atom. The van der Waals surface area contributed by atoms with Gasteiger partial charge in [0.05, 0.1) is 0 Å². The summed E-state index contributed by atoms with van der Waals surface area (Å²) in [5.41, 5.74) is -0.348. The largest absolute Gasteiger partial charge is 0.458 e. The average Bonchev–Trinajstić information content (AvgIpc) is 2.99. The Balaban J connectivity index is 1.67. The number of fused-ring (bicyclic) bond motifs is 5. The number of allylic oxidation sites excluding steroid dienone is 1. The normalized spacial score (nSPS) is 41.4. The molecule has 0 amide bonds. The molecule has 0 radical (unpaired) electrons. The van der Waals surface area contributed by atoms with Crippen molar-refractivity contribution in [2.24, 2.45) is 28.6 Å². The Morgan fingerprint density at radius 2 is 1.68 bits per heavy atom. The van der Waals surface area contributed by atoms with E-state index in [2.05, 4.69) is 13.8 Å². The van der Waals surface area contributed by atoms with Crippen LogP contribution in [0.2, 0.25) is 0 Å². The minimum atomic E-state index is -1.23. The predicted octanol–water partition coefficient (Wildman–Crippen LogP) is 3.95. The van der Waals surface area contributed by atoms with Gasteiger partial charge >= 0.3 is 11.9 Å². The van der Waals surface area contributed by atoms with Gasteiger partial charge in [-0.1, -0.05) is 19.4 Å². The summed E-state index contributed by atoms with van der Waals surface area (Å²) in [4.78, 5) is 48.8. The Kier molecular flexibility index (Phi) is 5.42. The number of rotatable bonds is 4.